The van der Waals surface area contributed by atoms with Gasteiger partial charge < -0.3 is 0 Å². The molecule has 1 amide bonds. The molecule has 0 spiro atoms. The smallest absolute Gasteiger partial charge is 0.299 e. The van der Waals surface area contributed by atoms with E-state index < -0.39 is 17.8 Å². The Kier molecular flexibility index (Phi) is 5.75. The maximum atomic E-state index is 12.9. The SMILES string of the molecule is O=C(Cn1ccc(C(F)(F)F)n1)Nc1nnc(SCc2ccc(F)cc2)s1. The third kappa shape index (κ3) is 5.50. The molecule has 0 aliphatic heterocycles. The summed E-state index contributed by atoms with van der Waals surface area (Å²) >= 11 is 2.49. The first kappa shape index (κ1) is 19.3. The summed E-state index contributed by atoms with van der Waals surface area (Å²) in [5.41, 5.74) is -0.160. The Bertz CT molecular complexity index is 923. The number of thioether (sulfide) groups is 1. The third-order valence-corrected chi connectivity index (χ3v) is 5.21. The number of nitrogens with one attached hydrogen (secondary N) is 1. The van der Waals surface area contributed by atoms with Crippen molar-refractivity contribution in [2.75, 3.05) is 5.32 Å². The summed E-state index contributed by atoms with van der Waals surface area (Å²) in [5, 5.41) is 13.7. The van der Waals surface area contributed by atoms with Crippen molar-refractivity contribution < 1.29 is 22.4 Å². The van der Waals surface area contributed by atoms with Crippen LogP contribution >= 0.6 is 23.1 Å². The van der Waals surface area contributed by atoms with Gasteiger partial charge in [-0.05, 0) is 23.8 Å². The Balaban J connectivity index is 1.51. The molecule has 0 fully saturated rings. The van der Waals surface area contributed by atoms with E-state index in [1.807, 2.05) is 0 Å². The number of anilines is 1. The average molecular weight is 417 g/mol. The summed E-state index contributed by atoms with van der Waals surface area (Å²) < 4.78 is 51.8. The quantitative estimate of drug-likeness (QED) is 0.375. The summed E-state index contributed by atoms with van der Waals surface area (Å²) in [6.07, 6.45) is -3.48. The number of nitrogens with zero attached hydrogens (tertiary/aromatic N) is 4. The Morgan fingerprint density at radius 3 is 2.59 bits per heavy atom. The molecule has 0 aliphatic rings. The van der Waals surface area contributed by atoms with Crippen LogP contribution in [-0.4, -0.2) is 25.9 Å². The molecule has 0 atom stereocenters. The number of benzene rings is 1. The topological polar surface area (TPSA) is 72.7 Å². The highest BCUT2D eigenvalue weighted by Crippen LogP contribution is 2.29. The minimum atomic E-state index is -4.56. The zero-order valence-electron chi connectivity index (χ0n) is 13.4. The molecule has 0 bridgehead atoms. The highest BCUT2D eigenvalue weighted by atomic mass is 32.2. The minimum absolute atomic E-state index is 0.227. The van der Waals surface area contributed by atoms with E-state index in [0.717, 1.165) is 33.8 Å². The van der Waals surface area contributed by atoms with E-state index in [4.69, 9.17) is 0 Å². The molecule has 0 saturated carbocycles. The Labute approximate surface area is 158 Å². The minimum Gasteiger partial charge on any atom is -0.299 e. The largest absolute Gasteiger partial charge is 0.435 e. The number of alkyl halides is 3. The van der Waals surface area contributed by atoms with Gasteiger partial charge in [-0.15, -0.1) is 10.2 Å². The van der Waals surface area contributed by atoms with Gasteiger partial charge in [0.05, 0.1) is 0 Å². The fraction of sp³-hybridized carbons (Fsp3) is 0.200. The van der Waals surface area contributed by atoms with Gasteiger partial charge in [0.15, 0.2) is 10.0 Å². The third-order valence-electron chi connectivity index (χ3n) is 3.17. The van der Waals surface area contributed by atoms with Crippen molar-refractivity contribution in [3.63, 3.8) is 0 Å². The van der Waals surface area contributed by atoms with Crippen LogP contribution in [0.25, 0.3) is 0 Å². The lowest BCUT2D eigenvalue weighted by Gasteiger charge is -2.03. The molecule has 0 unspecified atom stereocenters. The lowest BCUT2D eigenvalue weighted by Crippen LogP contribution is -2.19. The van der Waals surface area contributed by atoms with Gasteiger partial charge in [-0.3, -0.25) is 14.8 Å². The van der Waals surface area contributed by atoms with E-state index in [9.17, 15) is 22.4 Å². The predicted molar refractivity (Wildman–Crippen MR) is 91.7 cm³/mol. The van der Waals surface area contributed by atoms with Gasteiger partial charge in [-0.1, -0.05) is 35.2 Å². The predicted octanol–water partition coefficient (Wildman–Crippen LogP) is 3.82. The van der Waals surface area contributed by atoms with Crippen LogP contribution in [0.3, 0.4) is 0 Å². The number of amides is 1. The number of hydrogen-bond donors (Lipinski definition) is 1. The Hall–Kier alpha value is -2.47. The molecule has 12 heteroatoms. The molecular formula is C15H11F4N5OS2. The van der Waals surface area contributed by atoms with E-state index in [1.165, 1.54) is 23.9 Å². The van der Waals surface area contributed by atoms with Gasteiger partial charge in [0.2, 0.25) is 11.0 Å². The van der Waals surface area contributed by atoms with Gasteiger partial charge in [0.1, 0.15) is 12.4 Å². The molecule has 3 aromatic rings. The molecule has 1 N–H and O–H groups in total. The van der Waals surface area contributed by atoms with Crippen molar-refractivity contribution in [3.8, 4) is 0 Å². The first-order valence-electron chi connectivity index (χ1n) is 7.41. The van der Waals surface area contributed by atoms with Gasteiger partial charge in [0, 0.05) is 11.9 Å². The normalized spacial score (nSPS) is 11.6. The van der Waals surface area contributed by atoms with E-state index in [0.29, 0.717) is 10.1 Å². The maximum absolute atomic E-state index is 12.9. The van der Waals surface area contributed by atoms with Crippen LogP contribution in [-0.2, 0) is 23.3 Å². The molecular weight excluding hydrogens is 406 g/mol. The number of aromatic nitrogens is 4. The highest BCUT2D eigenvalue weighted by molar-refractivity contribution is 8.00. The molecule has 142 valence electrons. The van der Waals surface area contributed by atoms with Crippen LogP contribution in [0, 0.1) is 5.82 Å². The van der Waals surface area contributed by atoms with Crippen LogP contribution in [0.5, 0.6) is 0 Å². The van der Waals surface area contributed by atoms with E-state index >= 15 is 0 Å². The lowest BCUT2D eigenvalue weighted by molar-refractivity contribution is -0.141. The monoisotopic (exact) mass is 417 g/mol. The van der Waals surface area contributed by atoms with Crippen LogP contribution in [0.15, 0.2) is 40.9 Å². The number of halogens is 4. The van der Waals surface area contributed by atoms with Gasteiger partial charge in [0.25, 0.3) is 0 Å². The zero-order chi connectivity index (χ0) is 19.4. The molecule has 27 heavy (non-hydrogen) atoms. The molecule has 0 saturated heterocycles. The second kappa shape index (κ2) is 8.05. The molecule has 3 rings (SSSR count). The maximum Gasteiger partial charge on any atom is 0.435 e. The summed E-state index contributed by atoms with van der Waals surface area (Å²) in [7, 11) is 0. The highest BCUT2D eigenvalue weighted by Gasteiger charge is 2.33. The van der Waals surface area contributed by atoms with Crippen LogP contribution in [0.4, 0.5) is 22.7 Å². The standard InChI is InChI=1S/C15H11F4N5OS2/c16-10-3-1-9(2-4-10)8-26-14-22-21-13(27-14)20-12(25)7-24-6-5-11(23-24)15(17,18)19/h1-6H,7-8H2,(H,20,21,25). The van der Waals surface area contributed by atoms with Gasteiger partial charge in [-0.25, -0.2) is 4.39 Å². The van der Waals surface area contributed by atoms with Crippen molar-refractivity contribution in [2.24, 2.45) is 0 Å². The number of carbonyl (C=O) groups is 1. The number of hydrogen-bond acceptors (Lipinski definition) is 6. The van der Waals surface area contributed by atoms with Crippen molar-refractivity contribution in [1.29, 1.82) is 0 Å². The summed E-state index contributed by atoms with van der Waals surface area (Å²) in [5.74, 6) is -0.335. The van der Waals surface area contributed by atoms with E-state index in [1.54, 1.807) is 12.1 Å². The molecule has 2 aromatic heterocycles. The van der Waals surface area contributed by atoms with Crippen LogP contribution in [0.1, 0.15) is 11.3 Å². The zero-order valence-corrected chi connectivity index (χ0v) is 15.0. The van der Waals surface area contributed by atoms with Crippen molar-refractivity contribution >= 4 is 34.1 Å². The summed E-state index contributed by atoms with van der Waals surface area (Å²) in [6, 6.07) is 6.83. The van der Waals surface area contributed by atoms with Crippen LogP contribution in [0.2, 0.25) is 0 Å². The first-order valence-corrected chi connectivity index (χ1v) is 9.21. The average Bonchev–Trinajstić information content (AvgIpc) is 3.23. The van der Waals surface area contributed by atoms with Gasteiger partial charge in [-0.2, -0.15) is 18.3 Å². The van der Waals surface area contributed by atoms with Crippen LogP contribution < -0.4 is 5.32 Å². The number of rotatable bonds is 6. The van der Waals surface area contributed by atoms with E-state index in [2.05, 4.69) is 20.6 Å². The summed E-state index contributed by atoms with van der Waals surface area (Å²) in [6.45, 7) is -0.381. The van der Waals surface area contributed by atoms with E-state index in [-0.39, 0.29) is 17.5 Å². The first-order chi connectivity index (χ1) is 12.8. The number of carbonyl (C=O) groups excluding carboxylic acids is 1. The molecule has 0 aliphatic carbocycles. The second-order valence-electron chi connectivity index (χ2n) is 5.23. The van der Waals surface area contributed by atoms with Gasteiger partial charge >= 0.3 is 6.18 Å². The molecule has 2 heterocycles. The fourth-order valence-corrected chi connectivity index (χ4v) is 3.68. The van der Waals surface area contributed by atoms with Crippen molar-refractivity contribution in [2.45, 2.75) is 22.8 Å². The lowest BCUT2D eigenvalue weighted by atomic mass is 10.2. The Morgan fingerprint density at radius 1 is 1.19 bits per heavy atom. The van der Waals surface area contributed by atoms with Crippen molar-refractivity contribution in [1.82, 2.24) is 20.0 Å². The molecule has 0 radical (unpaired) electrons. The van der Waals surface area contributed by atoms with Crippen molar-refractivity contribution in [3.05, 3.63) is 53.6 Å². The Morgan fingerprint density at radius 2 is 1.93 bits per heavy atom. The fourth-order valence-electron chi connectivity index (χ4n) is 1.95. The second-order valence-corrected chi connectivity index (χ2v) is 7.43. The molecule has 1 aromatic carbocycles. The summed E-state index contributed by atoms with van der Waals surface area (Å²) in [4.78, 5) is 11.9. The molecule has 6 nitrogen and oxygen atoms in total.